The fourth-order valence-corrected chi connectivity index (χ4v) is 6.90. The maximum atomic E-state index is 13.0. The first-order valence-electron chi connectivity index (χ1n) is 13.4. The van der Waals surface area contributed by atoms with E-state index in [4.69, 9.17) is 9.15 Å². The summed E-state index contributed by atoms with van der Waals surface area (Å²) in [5, 5.41) is 4.28. The zero-order valence-electron chi connectivity index (χ0n) is 22.4. The lowest BCUT2D eigenvalue weighted by molar-refractivity contribution is -0.140. The summed E-state index contributed by atoms with van der Waals surface area (Å²) >= 11 is 3.28. The summed E-state index contributed by atoms with van der Waals surface area (Å²) < 4.78 is 12.9. The van der Waals surface area contributed by atoms with Gasteiger partial charge in [0.25, 0.3) is 0 Å². The number of hydrogen-bond donors (Lipinski definition) is 1. The molecule has 0 bridgehead atoms. The molecule has 5 heterocycles. The van der Waals surface area contributed by atoms with E-state index in [2.05, 4.69) is 42.6 Å². The van der Waals surface area contributed by atoms with Crippen molar-refractivity contribution in [2.75, 3.05) is 31.5 Å². The number of rotatable bonds is 8. The molecular formula is C27H37N5O4S2. The van der Waals surface area contributed by atoms with Crippen LogP contribution in [0.4, 0.5) is 5.13 Å². The number of oxazole rings is 1. The first kappa shape index (κ1) is 27.2. The van der Waals surface area contributed by atoms with E-state index in [1.54, 1.807) is 28.0 Å². The van der Waals surface area contributed by atoms with Crippen molar-refractivity contribution in [3.8, 4) is 0 Å². The number of nitrogens with one attached hydrogen (secondary N) is 1. The molecule has 0 saturated carbocycles. The van der Waals surface area contributed by atoms with Crippen LogP contribution in [0.25, 0.3) is 0 Å². The van der Waals surface area contributed by atoms with E-state index in [-0.39, 0.29) is 35.5 Å². The van der Waals surface area contributed by atoms with E-state index in [0.717, 1.165) is 59.8 Å². The molecule has 2 aromatic rings. The third-order valence-electron chi connectivity index (χ3n) is 7.55. The van der Waals surface area contributed by atoms with Gasteiger partial charge in [0.15, 0.2) is 11.4 Å². The molecule has 2 unspecified atom stereocenters. The second-order valence-electron chi connectivity index (χ2n) is 11.3. The number of carbonyl (C=O) groups is 2. The second-order valence-corrected chi connectivity index (χ2v) is 13.6. The molecule has 0 radical (unpaired) electrons. The number of epoxide rings is 1. The smallest absolute Gasteiger partial charge is 0.245 e. The quantitative estimate of drug-likeness (QED) is 0.286. The van der Waals surface area contributed by atoms with Crippen molar-refractivity contribution in [1.82, 2.24) is 19.8 Å². The van der Waals surface area contributed by atoms with Crippen LogP contribution in [0.1, 0.15) is 58.1 Å². The monoisotopic (exact) mass is 559 g/mol. The normalized spacial score (nSPS) is 22.9. The van der Waals surface area contributed by atoms with Crippen molar-refractivity contribution in [2.45, 2.75) is 74.2 Å². The van der Waals surface area contributed by atoms with Gasteiger partial charge in [-0.1, -0.05) is 38.7 Å². The summed E-state index contributed by atoms with van der Waals surface area (Å²) in [7, 11) is 0. The molecule has 3 aliphatic heterocycles. The van der Waals surface area contributed by atoms with Crippen molar-refractivity contribution in [1.29, 1.82) is 0 Å². The minimum absolute atomic E-state index is 0.0148. The van der Waals surface area contributed by atoms with Gasteiger partial charge >= 0.3 is 0 Å². The Kier molecular flexibility index (Phi) is 8.16. The minimum atomic E-state index is -0.0453. The maximum absolute atomic E-state index is 13.0. The van der Waals surface area contributed by atoms with E-state index in [1.807, 2.05) is 17.3 Å². The van der Waals surface area contributed by atoms with E-state index in [1.165, 1.54) is 6.08 Å². The average Bonchev–Trinajstić information content (AvgIpc) is 3.27. The lowest BCUT2D eigenvalue weighted by Gasteiger charge is -2.37. The maximum Gasteiger partial charge on any atom is 0.245 e. The van der Waals surface area contributed by atoms with Crippen LogP contribution in [-0.4, -0.2) is 70.1 Å². The SMILES string of the molecule is C=CC(=O)N1CCC(C(=O)N2CCC(C3OC3Nc3ncc(SCc4ncc(C(C)(C)C)o4)s3)CC2)CC1. The van der Waals surface area contributed by atoms with Gasteiger partial charge in [0, 0.05) is 37.5 Å². The standard InChI is InChI=1S/C27H37N5O4S2/c1-5-21(33)31-10-8-18(9-11-31)25(34)32-12-6-17(7-13-32)23-24(36-23)30-26-29-15-22(38-26)37-16-20-28-14-19(35-20)27(2,3)4/h5,14-15,17-18,23-24H,1,6-13,16H2,2-4H3,(H,29,30). The number of amides is 2. The number of likely N-dealkylation sites (tertiary alicyclic amines) is 2. The molecule has 2 amide bonds. The highest BCUT2D eigenvalue weighted by molar-refractivity contribution is 8.00. The molecular weight excluding hydrogens is 522 g/mol. The van der Waals surface area contributed by atoms with Gasteiger partial charge in [-0.05, 0) is 37.7 Å². The summed E-state index contributed by atoms with van der Waals surface area (Å²) in [6.07, 6.45) is 8.58. The molecule has 3 fully saturated rings. The Morgan fingerprint density at radius 1 is 1.13 bits per heavy atom. The third-order valence-corrected chi connectivity index (χ3v) is 9.66. The van der Waals surface area contributed by atoms with Crippen LogP contribution >= 0.6 is 23.1 Å². The Balaban J connectivity index is 1.02. The first-order chi connectivity index (χ1) is 18.2. The highest BCUT2D eigenvalue weighted by atomic mass is 32.2. The number of nitrogens with zero attached hydrogens (tertiary/aromatic N) is 4. The van der Waals surface area contributed by atoms with Crippen molar-refractivity contribution in [2.24, 2.45) is 11.8 Å². The number of aromatic nitrogens is 2. The van der Waals surface area contributed by atoms with Crippen molar-refractivity contribution >= 4 is 40.0 Å². The Bertz CT molecular complexity index is 1140. The second kappa shape index (κ2) is 11.4. The van der Waals surface area contributed by atoms with E-state index in [0.29, 0.717) is 24.8 Å². The van der Waals surface area contributed by atoms with Crippen LogP contribution < -0.4 is 5.32 Å². The molecule has 9 nitrogen and oxygen atoms in total. The van der Waals surface area contributed by atoms with Gasteiger partial charge < -0.3 is 24.3 Å². The van der Waals surface area contributed by atoms with Gasteiger partial charge in [0.1, 0.15) is 11.9 Å². The number of thioether (sulfide) groups is 1. The number of thiazole rings is 1. The lowest BCUT2D eigenvalue weighted by atomic mass is 9.90. The first-order valence-corrected chi connectivity index (χ1v) is 15.2. The summed E-state index contributed by atoms with van der Waals surface area (Å²) in [6, 6.07) is 0. The Hall–Kier alpha value is -2.37. The van der Waals surface area contributed by atoms with Crippen LogP contribution in [0.5, 0.6) is 0 Å². The zero-order valence-corrected chi connectivity index (χ0v) is 24.0. The lowest BCUT2D eigenvalue weighted by Crippen LogP contribution is -2.46. The zero-order chi connectivity index (χ0) is 26.9. The van der Waals surface area contributed by atoms with Gasteiger partial charge in [0.2, 0.25) is 17.7 Å². The number of piperidine rings is 2. The Morgan fingerprint density at radius 2 is 1.84 bits per heavy atom. The molecule has 3 saturated heterocycles. The number of ether oxygens (including phenoxy) is 1. The molecule has 0 aromatic carbocycles. The van der Waals surface area contributed by atoms with Gasteiger partial charge in [-0.2, -0.15) is 0 Å². The molecule has 2 aromatic heterocycles. The molecule has 0 spiro atoms. The van der Waals surface area contributed by atoms with Gasteiger partial charge in [-0.25, -0.2) is 9.97 Å². The molecule has 3 aliphatic rings. The van der Waals surface area contributed by atoms with E-state index >= 15 is 0 Å². The van der Waals surface area contributed by atoms with Crippen LogP contribution in [-0.2, 0) is 25.5 Å². The third kappa shape index (κ3) is 6.43. The van der Waals surface area contributed by atoms with Gasteiger partial charge in [0.05, 0.1) is 22.4 Å². The van der Waals surface area contributed by atoms with Crippen LogP contribution in [0.15, 0.2) is 33.7 Å². The predicted octanol–water partition coefficient (Wildman–Crippen LogP) is 4.52. The van der Waals surface area contributed by atoms with Crippen LogP contribution in [0.3, 0.4) is 0 Å². The highest BCUT2D eigenvalue weighted by Gasteiger charge is 2.46. The number of anilines is 1. The number of hydrogen-bond acceptors (Lipinski definition) is 9. The Morgan fingerprint density at radius 3 is 2.50 bits per heavy atom. The average molecular weight is 560 g/mol. The highest BCUT2D eigenvalue weighted by Crippen LogP contribution is 2.39. The van der Waals surface area contributed by atoms with Crippen molar-refractivity contribution in [3.05, 3.63) is 36.7 Å². The van der Waals surface area contributed by atoms with E-state index < -0.39 is 0 Å². The summed E-state index contributed by atoms with van der Waals surface area (Å²) in [6.45, 7) is 12.7. The summed E-state index contributed by atoms with van der Waals surface area (Å²) in [5.74, 6) is 2.96. The molecule has 2 atom stereocenters. The molecule has 11 heteroatoms. The Labute approximate surface area is 232 Å². The van der Waals surface area contributed by atoms with Crippen LogP contribution in [0.2, 0.25) is 0 Å². The predicted molar refractivity (Wildman–Crippen MR) is 148 cm³/mol. The summed E-state index contributed by atoms with van der Waals surface area (Å²) in [5.41, 5.74) is -0.0453. The van der Waals surface area contributed by atoms with E-state index in [9.17, 15) is 9.59 Å². The van der Waals surface area contributed by atoms with Gasteiger partial charge in [-0.15, -0.1) is 11.8 Å². The van der Waals surface area contributed by atoms with Crippen molar-refractivity contribution in [3.63, 3.8) is 0 Å². The largest absolute Gasteiger partial charge is 0.444 e. The fourth-order valence-electron chi connectivity index (χ4n) is 5.15. The summed E-state index contributed by atoms with van der Waals surface area (Å²) in [4.78, 5) is 37.5. The van der Waals surface area contributed by atoms with Crippen LogP contribution in [0, 0.1) is 11.8 Å². The minimum Gasteiger partial charge on any atom is -0.444 e. The molecule has 38 heavy (non-hydrogen) atoms. The molecule has 206 valence electrons. The molecule has 5 rings (SSSR count). The van der Waals surface area contributed by atoms with Gasteiger partial charge in [-0.3, -0.25) is 9.59 Å². The topological polar surface area (TPSA) is 104 Å². The number of carbonyl (C=O) groups excluding carboxylic acids is 2. The molecule has 1 N–H and O–H groups in total. The fraction of sp³-hybridized carbons (Fsp3) is 0.630. The molecule has 0 aliphatic carbocycles. The van der Waals surface area contributed by atoms with Crippen molar-refractivity contribution < 1.29 is 18.7 Å².